The summed E-state index contributed by atoms with van der Waals surface area (Å²) in [4.78, 5) is 0. The van der Waals surface area contributed by atoms with E-state index in [4.69, 9.17) is 0 Å². The van der Waals surface area contributed by atoms with Gasteiger partial charge in [0.2, 0.25) is 0 Å². The minimum Gasteiger partial charge on any atom is -0.0685 e. The van der Waals surface area contributed by atoms with Gasteiger partial charge in [0.05, 0.1) is 0 Å². The summed E-state index contributed by atoms with van der Waals surface area (Å²) in [6, 6.07) is 25.9. The molecule has 2 aliphatic rings. The molecule has 2 aliphatic heterocycles. The van der Waals surface area contributed by atoms with Gasteiger partial charge in [0, 0.05) is 5.66 Å². The van der Waals surface area contributed by atoms with Crippen LogP contribution in [-0.4, -0.2) is 17.0 Å². The molecule has 0 nitrogen and oxygen atoms in total. The fourth-order valence-corrected chi connectivity index (χ4v) is 13.9. The van der Waals surface area contributed by atoms with E-state index in [2.05, 4.69) is 87.5 Å². The van der Waals surface area contributed by atoms with E-state index < -0.39 is 0 Å². The Balaban J connectivity index is 1.70. The highest BCUT2D eigenvalue weighted by Crippen LogP contribution is 2.65. The second kappa shape index (κ2) is 9.33. The maximum atomic E-state index is 2.65. The zero-order valence-corrected chi connectivity index (χ0v) is 21.1. The molecular weight excluding hydrogens is 410 g/mol. The monoisotopic (exact) mass is 446 g/mol. The molecule has 0 amide bonds. The van der Waals surface area contributed by atoms with Gasteiger partial charge in [-0.25, -0.2) is 0 Å². The smallest absolute Gasteiger partial charge is 0.00849 e. The van der Waals surface area contributed by atoms with Crippen molar-refractivity contribution in [3.63, 3.8) is 0 Å². The third-order valence-electron chi connectivity index (χ3n) is 7.81. The molecule has 2 saturated heterocycles. The predicted octanol–water partition coefficient (Wildman–Crippen LogP) is 8.33. The number of hydrogen-bond acceptors (Lipinski definition) is 0. The lowest BCUT2D eigenvalue weighted by atomic mass is 10.1. The summed E-state index contributed by atoms with van der Waals surface area (Å²) in [7, 11) is -0.251. The zero-order chi connectivity index (χ0) is 21.4. The molecule has 0 saturated carbocycles. The van der Waals surface area contributed by atoms with Crippen molar-refractivity contribution < 1.29 is 0 Å². The van der Waals surface area contributed by atoms with Crippen LogP contribution < -0.4 is 10.6 Å². The molecule has 0 radical (unpaired) electrons. The van der Waals surface area contributed by atoms with Gasteiger partial charge >= 0.3 is 0 Å². The summed E-state index contributed by atoms with van der Waals surface area (Å²) in [5, 5.41) is 6.48. The van der Waals surface area contributed by atoms with Gasteiger partial charge in [0.25, 0.3) is 0 Å². The number of rotatable bonds is 5. The lowest BCUT2D eigenvalue weighted by molar-refractivity contribution is 0.722. The van der Waals surface area contributed by atoms with E-state index in [-0.39, 0.29) is 15.8 Å². The third-order valence-corrected chi connectivity index (χ3v) is 15.1. The van der Waals surface area contributed by atoms with E-state index in [0.29, 0.717) is 0 Å². The lowest BCUT2D eigenvalue weighted by Gasteiger charge is -2.33. The van der Waals surface area contributed by atoms with Gasteiger partial charge in [0.15, 0.2) is 0 Å². The Bertz CT molecular complexity index is 1030. The topological polar surface area (TPSA) is 0 Å². The molecular formula is C29H36P2. The second-order valence-electron chi connectivity index (χ2n) is 9.56. The molecule has 0 spiro atoms. The van der Waals surface area contributed by atoms with E-state index in [1.807, 2.05) is 0 Å². The van der Waals surface area contributed by atoms with Gasteiger partial charge in [-0.3, -0.25) is 0 Å². The Labute approximate surface area is 191 Å². The first-order chi connectivity index (χ1) is 15.2. The summed E-state index contributed by atoms with van der Waals surface area (Å²) in [5.41, 5.74) is 4.97. The standard InChI is InChI=1S/C29H36P2/c1-4-25-16-15-21(3)30(25)28-19-23-13-9-10-14-24(23)20-29(28)31-26(5-2)17-18-27(31)22-11-7-6-8-12-22/h6-14,19-21,25-27H,4-5,15-18H2,1-3H3/t21-,25-,26-,27+,30?,31?/m1/s1. The quantitative estimate of drug-likeness (QED) is 0.346. The molecule has 31 heavy (non-hydrogen) atoms. The van der Waals surface area contributed by atoms with Crippen LogP contribution in [0, 0.1) is 0 Å². The minimum absolute atomic E-state index is 0.0709. The highest BCUT2D eigenvalue weighted by atomic mass is 31.1. The van der Waals surface area contributed by atoms with Crippen LogP contribution in [0.3, 0.4) is 0 Å². The van der Waals surface area contributed by atoms with Crippen LogP contribution in [0.5, 0.6) is 0 Å². The first-order valence-electron chi connectivity index (χ1n) is 12.4. The number of fused-ring (bicyclic) bond motifs is 1. The maximum Gasteiger partial charge on any atom is 0.00849 e. The molecule has 3 aromatic rings. The summed E-state index contributed by atoms with van der Waals surface area (Å²) in [6.07, 6.45) is 8.30. The van der Waals surface area contributed by atoms with Crippen molar-refractivity contribution in [1.29, 1.82) is 0 Å². The molecule has 2 fully saturated rings. The minimum atomic E-state index is -0.180. The van der Waals surface area contributed by atoms with E-state index in [1.54, 1.807) is 16.2 Å². The van der Waals surface area contributed by atoms with Crippen molar-refractivity contribution in [3.8, 4) is 0 Å². The van der Waals surface area contributed by atoms with Crippen molar-refractivity contribution in [2.75, 3.05) is 0 Å². The van der Waals surface area contributed by atoms with Gasteiger partial charge in [0.1, 0.15) is 0 Å². The average molecular weight is 447 g/mol. The first-order valence-corrected chi connectivity index (χ1v) is 15.3. The molecule has 2 heterocycles. The van der Waals surface area contributed by atoms with Gasteiger partial charge in [-0.15, -0.1) is 0 Å². The molecule has 3 aromatic carbocycles. The average Bonchev–Trinajstić information content (AvgIpc) is 3.41. The number of hydrogen-bond donors (Lipinski definition) is 0. The van der Waals surface area contributed by atoms with E-state index in [0.717, 1.165) is 22.6 Å². The van der Waals surface area contributed by atoms with Gasteiger partial charge < -0.3 is 0 Å². The number of benzene rings is 3. The molecule has 162 valence electrons. The van der Waals surface area contributed by atoms with Crippen molar-refractivity contribution in [1.82, 2.24) is 0 Å². The summed E-state index contributed by atoms with van der Waals surface area (Å²) >= 11 is 0. The molecule has 0 N–H and O–H groups in total. The fourth-order valence-electron chi connectivity index (χ4n) is 6.19. The summed E-state index contributed by atoms with van der Waals surface area (Å²) < 4.78 is 0. The highest BCUT2D eigenvalue weighted by molar-refractivity contribution is 7.73. The zero-order valence-electron chi connectivity index (χ0n) is 19.3. The summed E-state index contributed by atoms with van der Waals surface area (Å²) in [5.74, 6) is 0. The highest BCUT2D eigenvalue weighted by Gasteiger charge is 2.41. The maximum absolute atomic E-state index is 2.65. The van der Waals surface area contributed by atoms with Crippen molar-refractivity contribution in [2.45, 2.75) is 81.9 Å². The Kier molecular flexibility index (Phi) is 6.51. The van der Waals surface area contributed by atoms with Crippen molar-refractivity contribution in [3.05, 3.63) is 72.3 Å². The molecule has 0 aliphatic carbocycles. The normalized spacial score (nSPS) is 30.8. The molecule has 0 bridgehead atoms. The Hall–Kier alpha value is -1.22. The van der Waals surface area contributed by atoms with Crippen LogP contribution in [0.1, 0.15) is 70.5 Å². The van der Waals surface area contributed by atoms with Crippen molar-refractivity contribution in [2.24, 2.45) is 0 Å². The Morgan fingerprint density at radius 1 is 0.677 bits per heavy atom. The molecule has 2 unspecified atom stereocenters. The van der Waals surface area contributed by atoms with E-state index >= 15 is 0 Å². The second-order valence-corrected chi connectivity index (χ2v) is 15.1. The van der Waals surface area contributed by atoms with Gasteiger partial charge in [-0.1, -0.05) is 91.2 Å². The SMILES string of the molecule is CC[C@@H]1CC[C@@H](C)P1c1cc2ccccc2cc1P1[C@H](CC)CC[C@H]1c1ccccc1. The van der Waals surface area contributed by atoms with Crippen LogP contribution in [0.25, 0.3) is 10.8 Å². The fraction of sp³-hybridized carbons (Fsp3) is 0.448. The lowest BCUT2D eigenvalue weighted by Crippen LogP contribution is -2.29. The summed E-state index contributed by atoms with van der Waals surface area (Å²) in [6.45, 7) is 7.42. The molecule has 6 atom stereocenters. The molecule has 2 heteroatoms. The van der Waals surface area contributed by atoms with Crippen LogP contribution in [0.15, 0.2) is 66.7 Å². The van der Waals surface area contributed by atoms with Gasteiger partial charge in [-0.2, -0.15) is 0 Å². The molecule has 0 aromatic heterocycles. The van der Waals surface area contributed by atoms with Crippen LogP contribution in [0.2, 0.25) is 0 Å². The third kappa shape index (κ3) is 4.01. The van der Waals surface area contributed by atoms with E-state index in [1.165, 1.54) is 49.3 Å². The van der Waals surface area contributed by atoms with Crippen LogP contribution in [0.4, 0.5) is 0 Å². The Morgan fingerprint density at radius 2 is 1.23 bits per heavy atom. The van der Waals surface area contributed by atoms with E-state index in [9.17, 15) is 0 Å². The Morgan fingerprint density at radius 3 is 1.87 bits per heavy atom. The van der Waals surface area contributed by atoms with Crippen LogP contribution in [-0.2, 0) is 0 Å². The van der Waals surface area contributed by atoms with Crippen molar-refractivity contribution >= 4 is 37.2 Å². The predicted molar refractivity (Wildman–Crippen MR) is 142 cm³/mol. The van der Waals surface area contributed by atoms with Gasteiger partial charge in [-0.05, 0) is 94.6 Å². The molecule has 5 rings (SSSR count). The first kappa shape index (κ1) is 21.6. The largest absolute Gasteiger partial charge is 0.0685 e. The van der Waals surface area contributed by atoms with Crippen LogP contribution >= 0.6 is 15.8 Å².